The highest BCUT2D eigenvalue weighted by Crippen LogP contribution is 2.31. The summed E-state index contributed by atoms with van der Waals surface area (Å²) in [6, 6.07) is 8.38. The van der Waals surface area contributed by atoms with Crippen LogP contribution in [0.15, 0.2) is 24.3 Å². The molecule has 0 spiro atoms. The van der Waals surface area contributed by atoms with Gasteiger partial charge in [-0.1, -0.05) is 25.5 Å². The van der Waals surface area contributed by atoms with Crippen molar-refractivity contribution in [1.82, 2.24) is 0 Å². The summed E-state index contributed by atoms with van der Waals surface area (Å²) in [6.45, 7) is 5.26. The van der Waals surface area contributed by atoms with E-state index in [2.05, 4.69) is 42.7 Å². The van der Waals surface area contributed by atoms with Gasteiger partial charge in [0.2, 0.25) is 0 Å². The van der Waals surface area contributed by atoms with Gasteiger partial charge in [0.1, 0.15) is 5.75 Å². The van der Waals surface area contributed by atoms with Gasteiger partial charge in [0, 0.05) is 13.1 Å². The van der Waals surface area contributed by atoms with Crippen LogP contribution < -0.4 is 9.64 Å². The van der Waals surface area contributed by atoms with Crippen LogP contribution in [0.4, 0.5) is 5.69 Å². The molecule has 1 aliphatic rings. The van der Waals surface area contributed by atoms with E-state index in [0.29, 0.717) is 5.92 Å². The van der Waals surface area contributed by atoms with Gasteiger partial charge in [0.05, 0.1) is 12.3 Å². The molecule has 0 radical (unpaired) electrons. The van der Waals surface area contributed by atoms with Crippen molar-refractivity contribution in [2.45, 2.75) is 26.2 Å². The first-order valence-corrected chi connectivity index (χ1v) is 7.56. The number of para-hydroxylation sites is 2. The van der Waals surface area contributed by atoms with E-state index in [1.807, 2.05) is 6.07 Å². The van der Waals surface area contributed by atoms with Crippen LogP contribution in [0.3, 0.4) is 0 Å². The van der Waals surface area contributed by atoms with Crippen LogP contribution in [-0.2, 0) is 0 Å². The van der Waals surface area contributed by atoms with E-state index < -0.39 is 0 Å². The second kappa shape index (κ2) is 6.93. The Morgan fingerprint density at radius 2 is 2.22 bits per heavy atom. The summed E-state index contributed by atoms with van der Waals surface area (Å²) in [6.07, 6.45) is 3.58. The van der Waals surface area contributed by atoms with Crippen LogP contribution in [0, 0.1) is 5.92 Å². The fourth-order valence-corrected chi connectivity index (χ4v) is 2.85. The summed E-state index contributed by atoms with van der Waals surface area (Å²) in [5.74, 6) is 2.67. The van der Waals surface area contributed by atoms with Gasteiger partial charge < -0.3 is 9.64 Å². The number of benzene rings is 1. The van der Waals surface area contributed by atoms with Crippen molar-refractivity contribution in [3.05, 3.63) is 24.3 Å². The van der Waals surface area contributed by atoms with Gasteiger partial charge in [-0.25, -0.2) is 0 Å². The standard InChI is InChI=1S/C15H23NOS/c1-2-6-13(12-18)11-16-9-5-10-17-15-8-4-3-7-14(15)16/h3-4,7-8,13,18H,2,5-6,9-12H2,1H3. The van der Waals surface area contributed by atoms with Crippen LogP contribution in [-0.4, -0.2) is 25.4 Å². The van der Waals surface area contributed by atoms with E-state index in [9.17, 15) is 0 Å². The van der Waals surface area contributed by atoms with Crippen molar-refractivity contribution >= 4 is 18.3 Å². The molecule has 0 N–H and O–H groups in total. The van der Waals surface area contributed by atoms with Crippen molar-refractivity contribution < 1.29 is 4.74 Å². The SMILES string of the molecule is CCCC(CS)CN1CCCOc2ccccc21. The average Bonchev–Trinajstić information content (AvgIpc) is 2.61. The molecule has 0 fully saturated rings. The van der Waals surface area contributed by atoms with Crippen LogP contribution in [0.5, 0.6) is 5.75 Å². The highest BCUT2D eigenvalue weighted by atomic mass is 32.1. The van der Waals surface area contributed by atoms with Crippen LogP contribution >= 0.6 is 12.6 Å². The second-order valence-electron chi connectivity index (χ2n) is 4.95. The molecule has 1 aromatic rings. The Bertz CT molecular complexity index is 369. The van der Waals surface area contributed by atoms with Gasteiger partial charge in [-0.05, 0) is 36.6 Å². The lowest BCUT2D eigenvalue weighted by Crippen LogP contribution is -2.30. The van der Waals surface area contributed by atoms with Crippen LogP contribution in [0.2, 0.25) is 0 Å². The molecule has 1 atom stereocenters. The number of thiol groups is 1. The summed E-state index contributed by atoms with van der Waals surface area (Å²) in [5, 5.41) is 0. The molecular weight excluding hydrogens is 242 g/mol. The molecule has 1 unspecified atom stereocenters. The lowest BCUT2D eigenvalue weighted by molar-refractivity contribution is 0.322. The van der Waals surface area contributed by atoms with E-state index in [-0.39, 0.29) is 0 Å². The minimum atomic E-state index is 0.671. The highest BCUT2D eigenvalue weighted by Gasteiger charge is 2.18. The van der Waals surface area contributed by atoms with E-state index >= 15 is 0 Å². The fraction of sp³-hybridized carbons (Fsp3) is 0.600. The molecule has 1 heterocycles. The number of ether oxygens (including phenoxy) is 1. The number of anilines is 1. The highest BCUT2D eigenvalue weighted by molar-refractivity contribution is 7.80. The maximum atomic E-state index is 5.79. The molecule has 0 aromatic heterocycles. The molecule has 2 nitrogen and oxygen atoms in total. The van der Waals surface area contributed by atoms with Gasteiger partial charge in [0.25, 0.3) is 0 Å². The fourth-order valence-electron chi connectivity index (χ4n) is 2.55. The zero-order valence-electron chi connectivity index (χ0n) is 11.1. The largest absolute Gasteiger partial charge is 0.491 e. The van der Waals surface area contributed by atoms with Crippen molar-refractivity contribution in [2.24, 2.45) is 5.92 Å². The molecule has 18 heavy (non-hydrogen) atoms. The first-order valence-electron chi connectivity index (χ1n) is 6.92. The van der Waals surface area contributed by atoms with Gasteiger partial charge in [-0.2, -0.15) is 12.6 Å². The Kier molecular flexibility index (Phi) is 5.24. The lowest BCUT2D eigenvalue weighted by atomic mass is 10.0. The Balaban J connectivity index is 2.12. The van der Waals surface area contributed by atoms with E-state index in [1.165, 1.54) is 18.5 Å². The molecule has 100 valence electrons. The molecule has 1 aliphatic heterocycles. The summed E-state index contributed by atoms with van der Waals surface area (Å²) in [4.78, 5) is 2.47. The topological polar surface area (TPSA) is 12.5 Å². The first-order chi connectivity index (χ1) is 8.85. The summed E-state index contributed by atoms with van der Waals surface area (Å²) >= 11 is 4.49. The molecule has 0 amide bonds. The Morgan fingerprint density at radius 1 is 1.39 bits per heavy atom. The Labute approximate surface area is 116 Å². The first kappa shape index (κ1) is 13.6. The third kappa shape index (κ3) is 3.35. The lowest BCUT2D eigenvalue weighted by Gasteiger charge is -2.28. The van der Waals surface area contributed by atoms with Crippen molar-refractivity contribution in [2.75, 3.05) is 30.3 Å². The van der Waals surface area contributed by atoms with E-state index in [0.717, 1.165) is 37.6 Å². The van der Waals surface area contributed by atoms with Gasteiger partial charge in [-0.3, -0.25) is 0 Å². The summed E-state index contributed by atoms with van der Waals surface area (Å²) in [5.41, 5.74) is 1.25. The van der Waals surface area contributed by atoms with Gasteiger partial charge in [0.15, 0.2) is 0 Å². The maximum Gasteiger partial charge on any atom is 0.142 e. The zero-order chi connectivity index (χ0) is 12.8. The molecule has 0 bridgehead atoms. The normalized spacial score (nSPS) is 16.7. The third-order valence-corrected chi connectivity index (χ3v) is 3.99. The second-order valence-corrected chi connectivity index (χ2v) is 5.32. The number of hydrogen-bond donors (Lipinski definition) is 1. The van der Waals surface area contributed by atoms with Gasteiger partial charge in [-0.15, -0.1) is 0 Å². The molecule has 0 saturated carbocycles. The number of hydrogen-bond acceptors (Lipinski definition) is 3. The zero-order valence-corrected chi connectivity index (χ0v) is 12.0. The van der Waals surface area contributed by atoms with E-state index in [4.69, 9.17) is 4.74 Å². The van der Waals surface area contributed by atoms with Crippen molar-refractivity contribution in [1.29, 1.82) is 0 Å². The van der Waals surface area contributed by atoms with Crippen LogP contribution in [0.1, 0.15) is 26.2 Å². The van der Waals surface area contributed by atoms with Crippen molar-refractivity contribution in [3.8, 4) is 5.75 Å². The molecule has 1 aromatic carbocycles. The minimum absolute atomic E-state index is 0.671. The third-order valence-electron chi connectivity index (χ3n) is 3.47. The molecule has 0 saturated heterocycles. The summed E-state index contributed by atoms with van der Waals surface area (Å²) in [7, 11) is 0. The predicted molar refractivity (Wildman–Crippen MR) is 81.0 cm³/mol. The maximum absolute atomic E-state index is 5.79. The molecular formula is C15H23NOS. The minimum Gasteiger partial charge on any atom is -0.491 e. The van der Waals surface area contributed by atoms with Crippen molar-refractivity contribution in [3.63, 3.8) is 0 Å². The molecule has 3 heteroatoms. The monoisotopic (exact) mass is 265 g/mol. The average molecular weight is 265 g/mol. The van der Waals surface area contributed by atoms with E-state index in [1.54, 1.807) is 0 Å². The van der Waals surface area contributed by atoms with Gasteiger partial charge >= 0.3 is 0 Å². The number of fused-ring (bicyclic) bond motifs is 1. The predicted octanol–water partition coefficient (Wildman–Crippen LogP) is 3.62. The number of rotatable bonds is 5. The number of nitrogens with zero attached hydrogens (tertiary/aromatic N) is 1. The molecule has 2 rings (SSSR count). The quantitative estimate of drug-likeness (QED) is 0.816. The van der Waals surface area contributed by atoms with Crippen LogP contribution in [0.25, 0.3) is 0 Å². The Hall–Kier alpha value is -0.830. The summed E-state index contributed by atoms with van der Waals surface area (Å²) < 4.78 is 5.79. The molecule has 0 aliphatic carbocycles. The Morgan fingerprint density at radius 3 is 3.00 bits per heavy atom. The smallest absolute Gasteiger partial charge is 0.142 e.